The van der Waals surface area contributed by atoms with E-state index in [1.165, 1.54) is 31.1 Å². The molecule has 3 aliphatic rings. The quantitative estimate of drug-likeness (QED) is 0.364. The number of aliphatic hydroxyl groups is 1. The molecule has 3 aromatic heterocycles. The van der Waals surface area contributed by atoms with E-state index in [-0.39, 0.29) is 23.7 Å². The Morgan fingerprint density at radius 2 is 1.88 bits per heavy atom. The number of alkyl halides is 1. The van der Waals surface area contributed by atoms with E-state index in [0.717, 1.165) is 24.8 Å². The van der Waals surface area contributed by atoms with E-state index in [1.54, 1.807) is 30.7 Å². The molecule has 3 aromatic rings. The highest BCUT2D eigenvalue weighted by molar-refractivity contribution is 6.00. The molecule has 0 radical (unpaired) electrons. The van der Waals surface area contributed by atoms with Crippen molar-refractivity contribution in [3.05, 3.63) is 47.8 Å². The van der Waals surface area contributed by atoms with Crippen LogP contribution < -0.4 is 10.6 Å². The van der Waals surface area contributed by atoms with Gasteiger partial charge in [-0.1, -0.05) is 0 Å². The van der Waals surface area contributed by atoms with Crippen LogP contribution in [-0.2, 0) is 4.74 Å². The minimum absolute atomic E-state index is 0.248. The molecule has 11 nitrogen and oxygen atoms in total. The van der Waals surface area contributed by atoms with E-state index in [9.17, 15) is 24.3 Å². The standard InChI is InChI=1S/C30H36FN7O4/c1-28(2,41)25(31)18-34-26(39)21-17-33-23(24-6-5-20-13-19(15-32)16-35-38(20)24)14-22(21)36-29-7-10-30(11-8-29,12-9-29)42-27(40)37(3)4/h5-6,13-14,16-17,25,41H,7-12,18H2,1-4H3,(H,33,36)(H,34,39). The summed E-state index contributed by atoms with van der Waals surface area (Å²) < 4.78 is 22.0. The van der Waals surface area contributed by atoms with Gasteiger partial charge in [0.25, 0.3) is 5.91 Å². The Morgan fingerprint density at radius 3 is 2.50 bits per heavy atom. The molecule has 0 aliphatic heterocycles. The van der Waals surface area contributed by atoms with E-state index >= 15 is 0 Å². The highest BCUT2D eigenvalue weighted by Crippen LogP contribution is 2.50. The molecule has 3 fully saturated rings. The summed E-state index contributed by atoms with van der Waals surface area (Å²) in [7, 11) is 3.34. The van der Waals surface area contributed by atoms with Crippen LogP contribution in [0.1, 0.15) is 68.3 Å². The third kappa shape index (κ3) is 5.74. The molecule has 0 saturated heterocycles. The summed E-state index contributed by atoms with van der Waals surface area (Å²) in [6, 6.07) is 9.29. The molecule has 1 atom stereocenters. The maximum atomic E-state index is 14.4. The van der Waals surface area contributed by atoms with Crippen LogP contribution in [0.4, 0.5) is 14.9 Å². The lowest BCUT2D eigenvalue weighted by atomic mass is 9.63. The number of carbonyl (C=O) groups excluding carboxylic acids is 2. The Hall–Kier alpha value is -4.24. The normalized spacial score (nSPS) is 22.3. The fourth-order valence-electron chi connectivity index (χ4n) is 5.72. The van der Waals surface area contributed by atoms with Gasteiger partial charge in [-0.25, -0.2) is 13.7 Å². The number of carbonyl (C=O) groups is 2. The van der Waals surface area contributed by atoms with Crippen molar-refractivity contribution >= 4 is 23.2 Å². The van der Waals surface area contributed by atoms with Gasteiger partial charge in [-0.3, -0.25) is 9.78 Å². The van der Waals surface area contributed by atoms with Gasteiger partial charge in [0.1, 0.15) is 17.8 Å². The summed E-state index contributed by atoms with van der Waals surface area (Å²) in [6.45, 7) is 2.34. The van der Waals surface area contributed by atoms with Crippen molar-refractivity contribution in [2.24, 2.45) is 0 Å². The molecule has 2 bridgehead atoms. The first-order valence-corrected chi connectivity index (χ1v) is 14.1. The minimum Gasteiger partial charge on any atom is -0.443 e. The zero-order chi connectivity index (χ0) is 30.3. The Balaban J connectivity index is 1.45. The number of anilines is 1. The van der Waals surface area contributed by atoms with Crippen molar-refractivity contribution in [3.8, 4) is 17.5 Å². The molecule has 6 rings (SSSR count). The van der Waals surface area contributed by atoms with E-state index in [0.29, 0.717) is 41.9 Å². The number of nitriles is 1. The van der Waals surface area contributed by atoms with Crippen molar-refractivity contribution < 1.29 is 23.8 Å². The second-order valence-corrected chi connectivity index (χ2v) is 12.2. The van der Waals surface area contributed by atoms with Crippen molar-refractivity contribution in [2.75, 3.05) is 26.0 Å². The molecular weight excluding hydrogens is 541 g/mol. The number of ether oxygens (including phenoxy) is 1. The first-order valence-electron chi connectivity index (χ1n) is 14.1. The van der Waals surface area contributed by atoms with Gasteiger partial charge in [0.15, 0.2) is 0 Å². The van der Waals surface area contributed by atoms with Gasteiger partial charge in [-0.15, -0.1) is 0 Å². The number of halogens is 1. The largest absolute Gasteiger partial charge is 0.443 e. The average Bonchev–Trinajstić information content (AvgIpc) is 3.39. The van der Waals surface area contributed by atoms with Crippen molar-refractivity contribution in [2.45, 2.75) is 75.3 Å². The number of pyridine rings is 1. The van der Waals surface area contributed by atoms with Crippen molar-refractivity contribution in [3.63, 3.8) is 0 Å². The monoisotopic (exact) mass is 577 g/mol. The molecular formula is C30H36FN7O4. The molecule has 42 heavy (non-hydrogen) atoms. The van der Waals surface area contributed by atoms with E-state index in [4.69, 9.17) is 4.74 Å². The van der Waals surface area contributed by atoms with Gasteiger partial charge in [0.05, 0.1) is 52.1 Å². The molecule has 1 unspecified atom stereocenters. The summed E-state index contributed by atoms with van der Waals surface area (Å²) in [5, 5.41) is 29.8. The van der Waals surface area contributed by atoms with Crippen LogP contribution in [0.3, 0.4) is 0 Å². The smallest absolute Gasteiger partial charge is 0.409 e. The third-order valence-corrected chi connectivity index (χ3v) is 8.50. The molecule has 2 amide bonds. The van der Waals surface area contributed by atoms with E-state index in [1.807, 2.05) is 12.1 Å². The number of rotatable bonds is 8. The summed E-state index contributed by atoms with van der Waals surface area (Å²) in [4.78, 5) is 31.6. The van der Waals surface area contributed by atoms with E-state index < -0.39 is 23.3 Å². The van der Waals surface area contributed by atoms with Gasteiger partial charge < -0.3 is 25.4 Å². The highest BCUT2D eigenvalue weighted by atomic mass is 19.1. The van der Waals surface area contributed by atoms with E-state index in [2.05, 4.69) is 26.8 Å². The second-order valence-electron chi connectivity index (χ2n) is 12.2. The summed E-state index contributed by atoms with van der Waals surface area (Å²) >= 11 is 0. The van der Waals surface area contributed by atoms with Gasteiger partial charge in [0, 0.05) is 25.8 Å². The lowest BCUT2D eigenvalue weighted by Crippen LogP contribution is -2.56. The lowest BCUT2D eigenvalue weighted by Gasteiger charge is -2.53. The predicted molar refractivity (Wildman–Crippen MR) is 154 cm³/mol. The van der Waals surface area contributed by atoms with Gasteiger partial charge in [-0.2, -0.15) is 10.4 Å². The minimum atomic E-state index is -1.66. The zero-order valence-corrected chi connectivity index (χ0v) is 24.3. The van der Waals surface area contributed by atoms with Crippen molar-refractivity contribution in [1.82, 2.24) is 24.8 Å². The SMILES string of the molecule is CN(C)C(=O)OC12CCC(Nc3cc(-c4ccc5cc(C#N)cnn45)ncc3C(=O)NCC(F)C(C)(C)O)(CC1)CC2. The topological polar surface area (TPSA) is 145 Å². The molecule has 222 valence electrons. The number of nitrogens with one attached hydrogen (secondary N) is 2. The number of hydrogen-bond acceptors (Lipinski definition) is 8. The molecule has 0 spiro atoms. The first kappa shape index (κ1) is 29.3. The van der Waals surface area contributed by atoms with Crippen LogP contribution in [0.2, 0.25) is 0 Å². The summed E-state index contributed by atoms with van der Waals surface area (Å²) in [5.74, 6) is -0.516. The van der Waals surface area contributed by atoms with Gasteiger partial charge in [-0.05, 0) is 76.6 Å². The third-order valence-electron chi connectivity index (χ3n) is 8.50. The van der Waals surface area contributed by atoms with Crippen molar-refractivity contribution in [1.29, 1.82) is 5.26 Å². The molecule has 3 N–H and O–H groups in total. The fraction of sp³-hybridized carbons (Fsp3) is 0.500. The van der Waals surface area contributed by atoms with Crippen LogP contribution in [0, 0.1) is 11.3 Å². The number of nitrogens with zero attached hydrogens (tertiary/aromatic N) is 5. The maximum Gasteiger partial charge on any atom is 0.409 e. The molecule has 3 heterocycles. The Bertz CT molecular complexity index is 1530. The Kier molecular flexibility index (Phi) is 7.57. The average molecular weight is 578 g/mol. The van der Waals surface area contributed by atoms with Gasteiger partial charge in [0.2, 0.25) is 0 Å². The predicted octanol–water partition coefficient (Wildman–Crippen LogP) is 4.06. The fourth-order valence-corrected chi connectivity index (χ4v) is 5.72. The van der Waals surface area contributed by atoms with Crippen LogP contribution in [-0.4, -0.2) is 80.2 Å². The number of hydrogen-bond donors (Lipinski definition) is 3. The van der Waals surface area contributed by atoms with Crippen LogP contribution >= 0.6 is 0 Å². The van der Waals surface area contributed by atoms with Crippen LogP contribution in [0.15, 0.2) is 36.7 Å². The summed E-state index contributed by atoms with van der Waals surface area (Å²) in [5.41, 5.74) is 0.779. The zero-order valence-electron chi connectivity index (χ0n) is 24.3. The Labute approximate surface area is 243 Å². The molecule has 3 saturated carbocycles. The highest BCUT2D eigenvalue weighted by Gasteiger charge is 2.51. The summed E-state index contributed by atoms with van der Waals surface area (Å²) in [6.07, 6.45) is 5.24. The molecule has 3 aliphatic carbocycles. The van der Waals surface area contributed by atoms with Crippen LogP contribution in [0.25, 0.3) is 16.9 Å². The maximum absolute atomic E-state index is 14.4. The van der Waals surface area contributed by atoms with Gasteiger partial charge >= 0.3 is 6.09 Å². The number of amides is 2. The molecule has 0 aromatic carbocycles. The number of aromatic nitrogens is 3. The first-order chi connectivity index (χ1) is 19.8. The number of fused-ring (bicyclic) bond motifs is 4. The Morgan fingerprint density at radius 1 is 1.19 bits per heavy atom. The lowest BCUT2D eigenvalue weighted by molar-refractivity contribution is -0.0754. The second kappa shape index (κ2) is 10.9. The van der Waals surface area contributed by atoms with Crippen LogP contribution in [0.5, 0.6) is 0 Å². The molecule has 12 heteroatoms.